The molecule has 4 nitrogen and oxygen atoms in total. The van der Waals surface area contributed by atoms with Gasteiger partial charge in [-0.05, 0) is 25.2 Å². The maximum Gasteiger partial charge on any atom is 0.321 e. The fourth-order valence-electron chi connectivity index (χ4n) is 1.74. The van der Waals surface area contributed by atoms with Gasteiger partial charge in [0.05, 0.1) is 0 Å². The van der Waals surface area contributed by atoms with Crippen LogP contribution in [-0.2, 0) is 0 Å². The van der Waals surface area contributed by atoms with Crippen molar-refractivity contribution in [2.45, 2.75) is 33.2 Å². The summed E-state index contributed by atoms with van der Waals surface area (Å²) in [5.41, 5.74) is 0. The molecular weight excluding hydrogens is 166 g/mol. The SMILES string of the molecule is Cc1noc(NC2CC(C)C2C)n1. The third-order valence-electron chi connectivity index (χ3n) is 2.99. The molecule has 0 aliphatic heterocycles. The first-order valence-electron chi connectivity index (χ1n) is 4.73. The average molecular weight is 181 g/mol. The number of hydrogen-bond acceptors (Lipinski definition) is 4. The van der Waals surface area contributed by atoms with Crippen LogP contribution < -0.4 is 5.32 Å². The Bertz CT molecular complexity index is 297. The molecule has 72 valence electrons. The molecule has 1 aliphatic rings. The summed E-state index contributed by atoms with van der Waals surface area (Å²) < 4.78 is 4.98. The smallest absolute Gasteiger partial charge is 0.321 e. The highest BCUT2D eigenvalue weighted by Gasteiger charge is 2.35. The summed E-state index contributed by atoms with van der Waals surface area (Å²) in [6.07, 6.45) is 1.20. The number of hydrogen-bond donors (Lipinski definition) is 1. The van der Waals surface area contributed by atoms with Gasteiger partial charge in [-0.3, -0.25) is 0 Å². The van der Waals surface area contributed by atoms with Crippen molar-refractivity contribution in [3.05, 3.63) is 5.82 Å². The lowest BCUT2D eigenvalue weighted by molar-refractivity contribution is 0.185. The second-order valence-electron chi connectivity index (χ2n) is 3.97. The van der Waals surface area contributed by atoms with Gasteiger partial charge in [0.25, 0.3) is 0 Å². The molecule has 1 aliphatic carbocycles. The molecule has 1 saturated carbocycles. The van der Waals surface area contributed by atoms with Crippen molar-refractivity contribution in [1.29, 1.82) is 0 Å². The second-order valence-corrected chi connectivity index (χ2v) is 3.97. The fraction of sp³-hybridized carbons (Fsp3) is 0.778. The predicted octanol–water partition coefficient (Wildman–Crippen LogP) is 1.83. The molecule has 1 heterocycles. The van der Waals surface area contributed by atoms with Crippen LogP contribution >= 0.6 is 0 Å². The largest absolute Gasteiger partial charge is 0.335 e. The van der Waals surface area contributed by atoms with E-state index in [4.69, 9.17) is 4.52 Å². The number of nitrogens with one attached hydrogen (secondary N) is 1. The van der Waals surface area contributed by atoms with Gasteiger partial charge in [-0.1, -0.05) is 19.0 Å². The standard InChI is InChI=1S/C9H15N3O/c1-5-4-8(6(5)2)11-9-10-7(3)12-13-9/h5-6,8H,4H2,1-3H3,(H,10,11,12). The van der Waals surface area contributed by atoms with E-state index in [1.54, 1.807) is 0 Å². The highest BCUT2D eigenvalue weighted by molar-refractivity contribution is 5.22. The molecule has 0 amide bonds. The van der Waals surface area contributed by atoms with Crippen molar-refractivity contribution in [2.24, 2.45) is 11.8 Å². The molecule has 0 bridgehead atoms. The van der Waals surface area contributed by atoms with Crippen molar-refractivity contribution in [2.75, 3.05) is 5.32 Å². The van der Waals surface area contributed by atoms with Crippen molar-refractivity contribution in [1.82, 2.24) is 10.1 Å². The Morgan fingerprint density at radius 2 is 2.23 bits per heavy atom. The number of rotatable bonds is 2. The van der Waals surface area contributed by atoms with Crippen LogP contribution in [0.1, 0.15) is 26.1 Å². The molecule has 0 spiro atoms. The van der Waals surface area contributed by atoms with Crippen LogP contribution in [-0.4, -0.2) is 16.2 Å². The minimum Gasteiger partial charge on any atom is -0.335 e. The highest BCUT2D eigenvalue weighted by atomic mass is 16.5. The Kier molecular flexibility index (Phi) is 1.98. The summed E-state index contributed by atoms with van der Waals surface area (Å²) in [7, 11) is 0. The van der Waals surface area contributed by atoms with Gasteiger partial charge < -0.3 is 9.84 Å². The monoisotopic (exact) mass is 181 g/mol. The quantitative estimate of drug-likeness (QED) is 0.756. The zero-order valence-corrected chi connectivity index (χ0v) is 8.24. The van der Waals surface area contributed by atoms with E-state index >= 15 is 0 Å². The summed E-state index contributed by atoms with van der Waals surface area (Å²) in [5, 5.41) is 6.96. The van der Waals surface area contributed by atoms with E-state index in [0.717, 1.165) is 5.92 Å². The Morgan fingerprint density at radius 1 is 1.46 bits per heavy atom. The number of aryl methyl sites for hydroxylation is 1. The normalized spacial score (nSPS) is 32.7. The molecule has 0 aromatic carbocycles. The summed E-state index contributed by atoms with van der Waals surface area (Å²) in [6.45, 7) is 6.33. The Hall–Kier alpha value is -1.06. The van der Waals surface area contributed by atoms with Crippen LogP contribution in [0.3, 0.4) is 0 Å². The maximum atomic E-state index is 4.98. The van der Waals surface area contributed by atoms with Gasteiger partial charge in [0.2, 0.25) is 0 Å². The van der Waals surface area contributed by atoms with E-state index in [1.807, 2.05) is 6.92 Å². The molecule has 1 aromatic rings. The van der Waals surface area contributed by atoms with Crippen molar-refractivity contribution in [3.63, 3.8) is 0 Å². The molecular formula is C9H15N3O. The lowest BCUT2D eigenvalue weighted by Gasteiger charge is -2.40. The summed E-state index contributed by atoms with van der Waals surface area (Å²) in [4.78, 5) is 4.10. The molecule has 1 aromatic heterocycles. The van der Waals surface area contributed by atoms with Crippen LogP contribution in [0.4, 0.5) is 6.01 Å². The van der Waals surface area contributed by atoms with E-state index in [9.17, 15) is 0 Å². The van der Waals surface area contributed by atoms with E-state index < -0.39 is 0 Å². The first kappa shape index (κ1) is 8.53. The van der Waals surface area contributed by atoms with Crippen LogP contribution in [0, 0.1) is 18.8 Å². The summed E-state index contributed by atoms with van der Waals surface area (Å²) >= 11 is 0. The number of aromatic nitrogens is 2. The lowest BCUT2D eigenvalue weighted by atomic mass is 9.71. The molecule has 1 N–H and O–H groups in total. The molecule has 1 fully saturated rings. The first-order valence-corrected chi connectivity index (χ1v) is 4.73. The minimum atomic E-state index is 0.509. The molecule has 0 radical (unpaired) electrons. The molecule has 0 saturated heterocycles. The predicted molar refractivity (Wildman–Crippen MR) is 49.4 cm³/mol. The van der Waals surface area contributed by atoms with Crippen molar-refractivity contribution >= 4 is 6.01 Å². The number of nitrogens with zero attached hydrogens (tertiary/aromatic N) is 2. The molecule has 3 atom stereocenters. The zero-order chi connectivity index (χ0) is 9.42. The van der Waals surface area contributed by atoms with Gasteiger partial charge >= 0.3 is 6.01 Å². The average Bonchev–Trinajstić information content (AvgIpc) is 2.50. The van der Waals surface area contributed by atoms with Crippen LogP contribution in [0.25, 0.3) is 0 Å². The Labute approximate surface area is 77.7 Å². The zero-order valence-electron chi connectivity index (χ0n) is 8.24. The van der Waals surface area contributed by atoms with E-state index in [1.165, 1.54) is 6.42 Å². The maximum absolute atomic E-state index is 4.98. The Balaban J connectivity index is 1.93. The number of anilines is 1. The van der Waals surface area contributed by atoms with E-state index in [0.29, 0.717) is 23.8 Å². The minimum absolute atomic E-state index is 0.509. The van der Waals surface area contributed by atoms with Gasteiger partial charge in [0.15, 0.2) is 5.82 Å². The summed E-state index contributed by atoms with van der Waals surface area (Å²) in [5.74, 6) is 2.19. The van der Waals surface area contributed by atoms with Crippen molar-refractivity contribution < 1.29 is 4.52 Å². The second kappa shape index (κ2) is 3.01. The molecule has 13 heavy (non-hydrogen) atoms. The van der Waals surface area contributed by atoms with E-state index in [-0.39, 0.29) is 0 Å². The topological polar surface area (TPSA) is 51.0 Å². The van der Waals surface area contributed by atoms with Gasteiger partial charge in [-0.15, -0.1) is 0 Å². The van der Waals surface area contributed by atoms with Crippen LogP contribution in [0.15, 0.2) is 4.52 Å². The van der Waals surface area contributed by atoms with Gasteiger partial charge in [-0.2, -0.15) is 4.98 Å². The first-order chi connectivity index (χ1) is 6.16. The molecule has 4 heteroatoms. The molecule has 2 rings (SSSR count). The van der Waals surface area contributed by atoms with E-state index in [2.05, 4.69) is 29.3 Å². The lowest BCUT2D eigenvalue weighted by Crippen LogP contribution is -2.43. The van der Waals surface area contributed by atoms with Crippen LogP contribution in [0.5, 0.6) is 0 Å². The fourth-order valence-corrected chi connectivity index (χ4v) is 1.74. The van der Waals surface area contributed by atoms with Crippen molar-refractivity contribution in [3.8, 4) is 0 Å². The van der Waals surface area contributed by atoms with Gasteiger partial charge in [0.1, 0.15) is 0 Å². The third kappa shape index (κ3) is 1.53. The highest BCUT2D eigenvalue weighted by Crippen LogP contribution is 2.35. The van der Waals surface area contributed by atoms with Gasteiger partial charge in [0, 0.05) is 6.04 Å². The third-order valence-corrected chi connectivity index (χ3v) is 2.99. The Morgan fingerprint density at radius 3 is 2.69 bits per heavy atom. The van der Waals surface area contributed by atoms with Gasteiger partial charge in [-0.25, -0.2) is 0 Å². The van der Waals surface area contributed by atoms with Crippen LogP contribution in [0.2, 0.25) is 0 Å². The molecule has 3 unspecified atom stereocenters. The summed E-state index contributed by atoms with van der Waals surface area (Å²) in [6, 6.07) is 1.07.